The number of nitrogens with zero attached hydrogens (tertiary/aromatic N) is 2. The third-order valence-electron chi connectivity index (χ3n) is 2.41. The number of nitrogens with two attached hydrogens (primary N) is 1. The lowest BCUT2D eigenvalue weighted by Crippen LogP contribution is -2.04. The highest BCUT2D eigenvalue weighted by Gasteiger charge is 1.99. The predicted octanol–water partition coefficient (Wildman–Crippen LogP) is 1.16. The van der Waals surface area contributed by atoms with Gasteiger partial charge in [-0.3, -0.25) is 0 Å². The van der Waals surface area contributed by atoms with E-state index < -0.39 is 0 Å². The Kier molecular flexibility index (Phi) is 3.52. The van der Waals surface area contributed by atoms with Gasteiger partial charge in [0.05, 0.1) is 18.5 Å². The molecule has 0 bridgehead atoms. The highest BCUT2D eigenvalue weighted by atomic mass is 16.3. The van der Waals surface area contributed by atoms with Gasteiger partial charge in [-0.2, -0.15) is 0 Å². The van der Waals surface area contributed by atoms with E-state index in [1.807, 2.05) is 24.3 Å². The summed E-state index contributed by atoms with van der Waals surface area (Å²) in [5.41, 5.74) is 8.23. The number of anilines is 2. The van der Waals surface area contributed by atoms with E-state index in [0.29, 0.717) is 18.1 Å². The molecule has 0 fully saturated rings. The van der Waals surface area contributed by atoms with Crippen molar-refractivity contribution in [3.63, 3.8) is 0 Å². The first-order valence-corrected chi connectivity index (χ1v) is 5.27. The molecule has 0 aliphatic heterocycles. The molecular weight excluding hydrogens is 216 g/mol. The minimum absolute atomic E-state index is 0.0621. The van der Waals surface area contributed by atoms with Gasteiger partial charge in [0.25, 0.3) is 0 Å². The number of hydrogen-bond donors (Lipinski definition) is 3. The van der Waals surface area contributed by atoms with Crippen LogP contribution in [0.1, 0.15) is 11.1 Å². The summed E-state index contributed by atoms with van der Waals surface area (Å²) in [6, 6.07) is 7.69. The van der Waals surface area contributed by atoms with Crippen molar-refractivity contribution in [1.29, 1.82) is 0 Å². The van der Waals surface area contributed by atoms with Crippen molar-refractivity contribution in [2.24, 2.45) is 0 Å². The quantitative estimate of drug-likeness (QED) is 0.734. The standard InChI is InChI=1S/C12H14N4O/c13-11-6-14-8-16-12(11)15-5-9-1-3-10(7-17)4-2-9/h1-4,6,8,17H,5,7,13H2,(H,14,15,16). The van der Waals surface area contributed by atoms with Crippen LogP contribution in [0.2, 0.25) is 0 Å². The van der Waals surface area contributed by atoms with Gasteiger partial charge in [-0.25, -0.2) is 9.97 Å². The third-order valence-corrected chi connectivity index (χ3v) is 2.41. The molecular formula is C12H14N4O. The molecule has 4 N–H and O–H groups in total. The van der Waals surface area contributed by atoms with Gasteiger partial charge in [-0.15, -0.1) is 0 Å². The van der Waals surface area contributed by atoms with Crippen LogP contribution in [-0.4, -0.2) is 15.1 Å². The Bertz CT molecular complexity index is 484. The van der Waals surface area contributed by atoms with Crippen molar-refractivity contribution in [3.05, 3.63) is 47.9 Å². The van der Waals surface area contributed by atoms with Crippen LogP contribution in [0.25, 0.3) is 0 Å². The number of nitrogen functional groups attached to an aromatic ring is 1. The van der Waals surface area contributed by atoms with E-state index in [-0.39, 0.29) is 6.61 Å². The summed E-state index contributed by atoms with van der Waals surface area (Å²) in [6.07, 6.45) is 3.01. The minimum atomic E-state index is 0.0621. The Labute approximate surface area is 99.3 Å². The van der Waals surface area contributed by atoms with Crippen LogP contribution in [0.4, 0.5) is 11.5 Å². The first kappa shape index (κ1) is 11.3. The van der Waals surface area contributed by atoms with Gasteiger partial charge in [-0.05, 0) is 11.1 Å². The highest BCUT2D eigenvalue weighted by molar-refractivity contribution is 5.59. The van der Waals surface area contributed by atoms with Crippen molar-refractivity contribution in [3.8, 4) is 0 Å². The second-order valence-corrected chi connectivity index (χ2v) is 3.65. The Morgan fingerprint density at radius 1 is 1.18 bits per heavy atom. The fourth-order valence-electron chi connectivity index (χ4n) is 1.44. The van der Waals surface area contributed by atoms with E-state index in [1.165, 1.54) is 6.33 Å². The lowest BCUT2D eigenvalue weighted by atomic mass is 10.1. The molecule has 0 unspecified atom stereocenters. The molecule has 17 heavy (non-hydrogen) atoms. The van der Waals surface area contributed by atoms with Gasteiger partial charge in [0.1, 0.15) is 6.33 Å². The van der Waals surface area contributed by atoms with Crippen molar-refractivity contribution in [1.82, 2.24) is 9.97 Å². The topological polar surface area (TPSA) is 84.1 Å². The first-order chi connectivity index (χ1) is 8.29. The van der Waals surface area contributed by atoms with Crippen LogP contribution >= 0.6 is 0 Å². The zero-order valence-corrected chi connectivity index (χ0v) is 9.30. The predicted molar refractivity (Wildman–Crippen MR) is 66.1 cm³/mol. The summed E-state index contributed by atoms with van der Waals surface area (Å²) in [7, 11) is 0. The van der Waals surface area contributed by atoms with Gasteiger partial charge >= 0.3 is 0 Å². The van der Waals surface area contributed by atoms with Gasteiger partial charge in [0, 0.05) is 6.54 Å². The lowest BCUT2D eigenvalue weighted by molar-refractivity contribution is 0.282. The molecule has 0 radical (unpaired) electrons. The Hall–Kier alpha value is -2.14. The Morgan fingerprint density at radius 3 is 2.53 bits per heavy atom. The smallest absolute Gasteiger partial charge is 0.152 e. The molecule has 0 saturated carbocycles. The SMILES string of the molecule is Nc1cncnc1NCc1ccc(CO)cc1. The summed E-state index contributed by atoms with van der Waals surface area (Å²) in [4.78, 5) is 7.86. The second-order valence-electron chi connectivity index (χ2n) is 3.65. The molecule has 88 valence electrons. The van der Waals surface area contributed by atoms with Crippen molar-refractivity contribution >= 4 is 11.5 Å². The number of aliphatic hydroxyl groups is 1. The Balaban J connectivity index is 2.00. The van der Waals surface area contributed by atoms with Crippen LogP contribution in [-0.2, 0) is 13.2 Å². The normalized spacial score (nSPS) is 10.2. The molecule has 0 aliphatic carbocycles. The molecule has 0 saturated heterocycles. The molecule has 0 atom stereocenters. The minimum Gasteiger partial charge on any atom is -0.394 e. The van der Waals surface area contributed by atoms with Crippen molar-refractivity contribution < 1.29 is 5.11 Å². The van der Waals surface area contributed by atoms with Crippen LogP contribution in [0.15, 0.2) is 36.8 Å². The summed E-state index contributed by atoms with van der Waals surface area (Å²) in [5, 5.41) is 12.1. The molecule has 1 aromatic carbocycles. The van der Waals surface area contributed by atoms with E-state index in [4.69, 9.17) is 10.8 Å². The molecule has 0 spiro atoms. The lowest BCUT2D eigenvalue weighted by Gasteiger charge is -2.07. The monoisotopic (exact) mass is 230 g/mol. The van der Waals surface area contributed by atoms with E-state index in [1.54, 1.807) is 6.20 Å². The largest absolute Gasteiger partial charge is 0.394 e. The molecule has 1 heterocycles. The molecule has 1 aromatic heterocycles. The number of benzene rings is 1. The molecule has 5 heteroatoms. The average Bonchev–Trinajstić information content (AvgIpc) is 2.38. The van der Waals surface area contributed by atoms with Crippen LogP contribution in [0, 0.1) is 0 Å². The summed E-state index contributed by atoms with van der Waals surface area (Å²) < 4.78 is 0. The van der Waals surface area contributed by atoms with E-state index in [2.05, 4.69) is 15.3 Å². The maximum Gasteiger partial charge on any atom is 0.152 e. The highest BCUT2D eigenvalue weighted by Crippen LogP contribution is 2.13. The second kappa shape index (κ2) is 5.27. The molecule has 0 aliphatic rings. The van der Waals surface area contributed by atoms with Crippen LogP contribution in [0.3, 0.4) is 0 Å². The van der Waals surface area contributed by atoms with E-state index in [9.17, 15) is 0 Å². The van der Waals surface area contributed by atoms with Crippen LogP contribution in [0.5, 0.6) is 0 Å². The van der Waals surface area contributed by atoms with Gasteiger partial charge in [0.2, 0.25) is 0 Å². The maximum absolute atomic E-state index is 8.92. The van der Waals surface area contributed by atoms with E-state index in [0.717, 1.165) is 11.1 Å². The molecule has 2 rings (SSSR count). The zero-order valence-electron chi connectivity index (χ0n) is 9.30. The number of aliphatic hydroxyl groups excluding tert-OH is 1. The average molecular weight is 230 g/mol. The number of rotatable bonds is 4. The van der Waals surface area contributed by atoms with Gasteiger partial charge < -0.3 is 16.2 Å². The van der Waals surface area contributed by atoms with Gasteiger partial charge in [0.15, 0.2) is 5.82 Å². The third kappa shape index (κ3) is 2.92. The maximum atomic E-state index is 8.92. The van der Waals surface area contributed by atoms with Crippen LogP contribution < -0.4 is 11.1 Å². The van der Waals surface area contributed by atoms with Crippen molar-refractivity contribution in [2.75, 3.05) is 11.1 Å². The van der Waals surface area contributed by atoms with Crippen molar-refractivity contribution in [2.45, 2.75) is 13.2 Å². The number of aromatic nitrogens is 2. The summed E-state index contributed by atoms with van der Waals surface area (Å²) >= 11 is 0. The number of nitrogens with one attached hydrogen (secondary N) is 1. The first-order valence-electron chi connectivity index (χ1n) is 5.27. The Morgan fingerprint density at radius 2 is 1.88 bits per heavy atom. The fraction of sp³-hybridized carbons (Fsp3) is 0.167. The van der Waals surface area contributed by atoms with E-state index >= 15 is 0 Å². The summed E-state index contributed by atoms with van der Waals surface area (Å²) in [6.45, 7) is 0.694. The van der Waals surface area contributed by atoms with Gasteiger partial charge in [-0.1, -0.05) is 24.3 Å². The summed E-state index contributed by atoms with van der Waals surface area (Å²) in [5.74, 6) is 0.631. The molecule has 2 aromatic rings. The number of hydrogen-bond acceptors (Lipinski definition) is 5. The molecule has 5 nitrogen and oxygen atoms in total. The molecule has 0 amide bonds. The zero-order chi connectivity index (χ0) is 12.1. The fourth-order valence-corrected chi connectivity index (χ4v) is 1.44.